The van der Waals surface area contributed by atoms with E-state index in [1.165, 1.54) is 40.8 Å². The van der Waals surface area contributed by atoms with Gasteiger partial charge in [0.2, 0.25) is 5.91 Å². The van der Waals surface area contributed by atoms with E-state index in [0.29, 0.717) is 38.6 Å². The summed E-state index contributed by atoms with van der Waals surface area (Å²) in [5, 5.41) is 50.2. The van der Waals surface area contributed by atoms with Gasteiger partial charge >= 0.3 is 11.9 Å². The van der Waals surface area contributed by atoms with E-state index in [1.54, 1.807) is 0 Å². The highest BCUT2D eigenvalue weighted by molar-refractivity contribution is 6.23. The van der Waals surface area contributed by atoms with E-state index in [9.17, 15) is 34.8 Å². The molecule has 0 radical (unpaired) electrons. The number of allylic oxidation sites excluding steroid dienone is 8. The third-order valence-electron chi connectivity index (χ3n) is 11.6. The Balaban J connectivity index is 0.992. The molecular formula is C53H69NO11. The van der Waals surface area contributed by atoms with Crippen molar-refractivity contribution in [3.05, 3.63) is 109 Å². The number of rotatable bonds is 29. The van der Waals surface area contributed by atoms with Crippen LogP contribution in [-0.4, -0.2) is 101 Å². The molecule has 65 heavy (non-hydrogen) atoms. The molecule has 0 bridgehead atoms. The molecule has 352 valence electrons. The highest BCUT2D eigenvalue weighted by Gasteiger charge is 2.44. The zero-order chi connectivity index (χ0) is 46.2. The number of hydrogen-bond donors (Lipinski definition) is 5. The number of nitrogens with one attached hydrogen (secondary N) is 1. The van der Waals surface area contributed by atoms with Crippen LogP contribution in [0.25, 0.3) is 32.3 Å². The molecule has 12 heteroatoms. The maximum absolute atomic E-state index is 13.0. The summed E-state index contributed by atoms with van der Waals surface area (Å²) < 4.78 is 22.1. The first kappa shape index (κ1) is 51.0. The number of aliphatic hydroxyl groups is 4. The fourth-order valence-electron chi connectivity index (χ4n) is 7.94. The van der Waals surface area contributed by atoms with Crippen LogP contribution >= 0.6 is 0 Å². The predicted molar refractivity (Wildman–Crippen MR) is 254 cm³/mol. The van der Waals surface area contributed by atoms with E-state index < -0.39 is 55.4 Å². The fraction of sp³-hybridized carbons (Fsp3) is 0.491. The fourth-order valence-corrected chi connectivity index (χ4v) is 7.94. The van der Waals surface area contributed by atoms with Crippen molar-refractivity contribution in [2.24, 2.45) is 0 Å². The van der Waals surface area contributed by atoms with E-state index >= 15 is 0 Å². The maximum Gasteiger partial charge on any atom is 0.306 e. The molecule has 5 rings (SSSR count). The molecule has 4 aromatic carbocycles. The lowest BCUT2D eigenvalue weighted by atomic mass is 9.91. The highest BCUT2D eigenvalue weighted by Crippen LogP contribution is 2.36. The van der Waals surface area contributed by atoms with Gasteiger partial charge in [-0.2, -0.15) is 0 Å². The van der Waals surface area contributed by atoms with Crippen LogP contribution in [0.15, 0.2) is 103 Å². The van der Waals surface area contributed by atoms with E-state index in [4.69, 9.17) is 18.9 Å². The van der Waals surface area contributed by atoms with Crippen LogP contribution in [0, 0.1) is 0 Å². The first-order valence-corrected chi connectivity index (χ1v) is 23.5. The molecule has 1 saturated heterocycles. The largest absolute Gasteiger partial charge is 0.462 e. The molecule has 1 aliphatic rings. The number of ether oxygens (including phenoxy) is 4. The monoisotopic (exact) mass is 895 g/mol. The number of carbonyl (C=O) groups excluding carboxylic acids is 3. The predicted octanol–water partition coefficient (Wildman–Crippen LogP) is 8.22. The van der Waals surface area contributed by atoms with E-state index in [1.807, 2.05) is 18.2 Å². The maximum atomic E-state index is 13.0. The number of carbonyl (C=O) groups is 3. The first-order chi connectivity index (χ1) is 31.7. The highest BCUT2D eigenvalue weighted by atomic mass is 16.7. The van der Waals surface area contributed by atoms with Crippen molar-refractivity contribution in [2.45, 2.75) is 140 Å². The summed E-state index contributed by atoms with van der Waals surface area (Å²) in [6.07, 6.45) is 19.7. The minimum absolute atomic E-state index is 0.0682. The minimum atomic E-state index is -1.64. The van der Waals surface area contributed by atoms with Gasteiger partial charge < -0.3 is 44.7 Å². The molecule has 0 spiro atoms. The summed E-state index contributed by atoms with van der Waals surface area (Å²) >= 11 is 0. The zero-order valence-corrected chi connectivity index (χ0v) is 37.9. The second kappa shape index (κ2) is 28.2. The van der Waals surface area contributed by atoms with E-state index in [0.717, 1.165) is 42.0 Å². The Morgan fingerprint density at radius 2 is 1.31 bits per heavy atom. The standard InChI is InChI=1S/C53H69NO11/c1-2-3-4-5-6-7-8-9-10-11-12-13-14-15-16-17-19-26-47(58)64-42(37-63-53-52(61)51(60)50(59)44(35-55)65-53)36-62-46(57)25-20-18-21-33-54-45(56)34-41-30-29-40-28-27-38-23-22-24-39-31-32-43(41)49(40)48(38)39/h6-7,9-10,12-13,15-16,22-24,27-32,42,44,50-53,55,59-61H,2-5,8,11,14,17-21,25-26,33-37H2,1H3,(H,54,56)/b7-6-,10-9-,13-12-,16-15-/t42?,44-,50+,51+,52-,53-/m1/s1. The smallest absolute Gasteiger partial charge is 0.306 e. The Hall–Kier alpha value is -4.95. The number of amides is 1. The number of unbranched alkanes of at least 4 members (excludes halogenated alkanes) is 6. The molecule has 0 aliphatic carbocycles. The lowest BCUT2D eigenvalue weighted by Gasteiger charge is -2.39. The average molecular weight is 896 g/mol. The molecule has 1 aliphatic heterocycles. The van der Waals surface area contributed by atoms with Crippen LogP contribution in [-0.2, 0) is 39.8 Å². The molecule has 12 nitrogen and oxygen atoms in total. The summed E-state index contributed by atoms with van der Waals surface area (Å²) in [4.78, 5) is 38.5. The van der Waals surface area contributed by atoms with Crippen molar-refractivity contribution >= 4 is 50.2 Å². The number of benzene rings is 4. The molecule has 4 aromatic rings. The molecule has 1 fully saturated rings. The third kappa shape index (κ3) is 16.5. The molecule has 5 N–H and O–H groups in total. The molecule has 1 amide bonds. The van der Waals surface area contributed by atoms with Gasteiger partial charge in [-0.05, 0) is 95.7 Å². The lowest BCUT2D eigenvalue weighted by Crippen LogP contribution is -2.59. The topological polar surface area (TPSA) is 181 Å². The van der Waals surface area contributed by atoms with Gasteiger partial charge in [0.05, 0.1) is 19.6 Å². The van der Waals surface area contributed by atoms with Gasteiger partial charge in [-0.1, -0.05) is 129 Å². The van der Waals surface area contributed by atoms with Crippen molar-refractivity contribution in [2.75, 3.05) is 26.4 Å². The Kier molecular flexibility index (Phi) is 22.1. The molecule has 0 saturated carbocycles. The number of hydrogen-bond acceptors (Lipinski definition) is 11. The summed E-state index contributed by atoms with van der Waals surface area (Å²) in [7, 11) is 0. The van der Waals surface area contributed by atoms with E-state index in [2.05, 4.69) is 97.2 Å². The number of esters is 2. The molecule has 1 unspecified atom stereocenters. The van der Waals surface area contributed by atoms with Crippen molar-refractivity contribution < 1.29 is 53.8 Å². The second-order valence-corrected chi connectivity index (χ2v) is 16.7. The van der Waals surface area contributed by atoms with Crippen molar-refractivity contribution in [3.63, 3.8) is 0 Å². The Morgan fingerprint density at radius 1 is 0.677 bits per heavy atom. The van der Waals surface area contributed by atoms with Crippen LogP contribution in [0.4, 0.5) is 0 Å². The Bertz CT molecular complexity index is 2160. The van der Waals surface area contributed by atoms with Gasteiger partial charge in [-0.15, -0.1) is 0 Å². The van der Waals surface area contributed by atoms with Gasteiger partial charge in [-0.25, -0.2) is 0 Å². The third-order valence-corrected chi connectivity index (χ3v) is 11.6. The quantitative estimate of drug-likeness (QED) is 0.0153. The van der Waals surface area contributed by atoms with Crippen LogP contribution < -0.4 is 5.32 Å². The summed E-state index contributed by atoms with van der Waals surface area (Å²) in [6, 6.07) is 18.8. The number of aliphatic hydroxyl groups excluding tert-OH is 4. The average Bonchev–Trinajstić information content (AvgIpc) is 3.31. The van der Waals surface area contributed by atoms with Gasteiger partial charge in [-0.3, -0.25) is 14.4 Å². The SMILES string of the molecule is CCCCC/C=C\C/C=C\C/C=C\C/C=C\CCCC(=O)OC(COC(=O)CCCCCNC(=O)Cc1ccc2ccc3cccc4ccc1c2c34)CO[C@@H]1O[C@H](CO)[C@H](O)[C@H](O)[C@H]1O. The summed E-state index contributed by atoms with van der Waals surface area (Å²) in [6.45, 7) is 1.37. The van der Waals surface area contributed by atoms with Crippen molar-refractivity contribution in [1.29, 1.82) is 0 Å². The zero-order valence-electron chi connectivity index (χ0n) is 37.9. The first-order valence-electron chi connectivity index (χ1n) is 23.5. The summed E-state index contributed by atoms with van der Waals surface area (Å²) in [5.74, 6) is -1.10. The van der Waals surface area contributed by atoms with Gasteiger partial charge in [0.25, 0.3) is 0 Å². The van der Waals surface area contributed by atoms with Gasteiger partial charge in [0, 0.05) is 19.4 Å². The van der Waals surface area contributed by atoms with Gasteiger partial charge in [0.15, 0.2) is 12.4 Å². The summed E-state index contributed by atoms with van der Waals surface area (Å²) in [5.41, 5.74) is 0.973. The molecule has 0 aromatic heterocycles. The minimum Gasteiger partial charge on any atom is -0.462 e. The molecule has 1 heterocycles. The Morgan fingerprint density at radius 3 is 2.00 bits per heavy atom. The van der Waals surface area contributed by atoms with E-state index in [-0.39, 0.29) is 38.4 Å². The lowest BCUT2D eigenvalue weighted by molar-refractivity contribution is -0.305. The van der Waals surface area contributed by atoms with Gasteiger partial charge in [0.1, 0.15) is 31.0 Å². The normalized spacial score (nSPS) is 19.7. The van der Waals surface area contributed by atoms with Crippen molar-refractivity contribution in [1.82, 2.24) is 5.32 Å². The van der Waals surface area contributed by atoms with Crippen LogP contribution in [0.2, 0.25) is 0 Å². The molecular weight excluding hydrogens is 827 g/mol. The van der Waals surface area contributed by atoms with Crippen LogP contribution in [0.5, 0.6) is 0 Å². The van der Waals surface area contributed by atoms with Crippen LogP contribution in [0.3, 0.4) is 0 Å². The molecule has 6 atom stereocenters. The van der Waals surface area contributed by atoms with Crippen molar-refractivity contribution in [3.8, 4) is 0 Å². The second-order valence-electron chi connectivity index (χ2n) is 16.7. The van der Waals surface area contributed by atoms with Crippen LogP contribution in [0.1, 0.15) is 102 Å². The Labute approximate surface area is 383 Å².